The number of carboxylic acid groups (broad SMARTS) is 1. The highest BCUT2D eigenvalue weighted by molar-refractivity contribution is 9.10. The monoisotopic (exact) mass is 323 g/mol. The first-order chi connectivity index (χ1) is 8.65. The van der Waals surface area contributed by atoms with Crippen molar-refractivity contribution in [3.63, 3.8) is 0 Å². The van der Waals surface area contributed by atoms with Gasteiger partial charge in [0.1, 0.15) is 0 Å². The van der Waals surface area contributed by atoms with Crippen LogP contribution in [0.1, 0.15) is 15.9 Å². The summed E-state index contributed by atoms with van der Waals surface area (Å²) in [5.41, 5.74) is 1.43. The summed E-state index contributed by atoms with van der Waals surface area (Å²) in [6, 6.07) is 11.1. The minimum absolute atomic E-state index is 0.266. The van der Waals surface area contributed by atoms with Gasteiger partial charge in [-0.15, -0.1) is 11.8 Å². The minimum Gasteiger partial charge on any atom is -0.478 e. The average Bonchev–Trinajstić information content (AvgIpc) is 2.37. The molecule has 0 aliphatic carbocycles. The fraction of sp³-hybridized carbons (Fsp3) is 0.0769. The molecule has 3 nitrogen and oxygen atoms in total. The van der Waals surface area contributed by atoms with Crippen molar-refractivity contribution in [2.75, 3.05) is 0 Å². The number of rotatable bonds is 4. The van der Waals surface area contributed by atoms with Crippen LogP contribution in [0.15, 0.2) is 52.1 Å². The van der Waals surface area contributed by atoms with Crippen molar-refractivity contribution in [1.82, 2.24) is 4.98 Å². The average molecular weight is 324 g/mol. The number of benzene rings is 1. The van der Waals surface area contributed by atoms with Crippen LogP contribution >= 0.6 is 27.7 Å². The molecule has 1 N–H and O–H groups in total. The number of hydrogen-bond donors (Lipinski definition) is 1. The molecule has 5 heteroatoms. The van der Waals surface area contributed by atoms with E-state index >= 15 is 0 Å². The maximum Gasteiger partial charge on any atom is 0.335 e. The Morgan fingerprint density at radius 1 is 1.33 bits per heavy atom. The summed E-state index contributed by atoms with van der Waals surface area (Å²) in [5, 5.41) is 9.61. The molecule has 1 aromatic carbocycles. The summed E-state index contributed by atoms with van der Waals surface area (Å²) in [6.07, 6.45) is 1.52. The fourth-order valence-corrected chi connectivity index (χ4v) is 2.69. The Balaban J connectivity index is 2.06. The molecule has 1 heterocycles. The van der Waals surface area contributed by atoms with Gasteiger partial charge >= 0.3 is 5.97 Å². The highest BCUT2D eigenvalue weighted by atomic mass is 79.9. The van der Waals surface area contributed by atoms with Crippen molar-refractivity contribution < 1.29 is 9.90 Å². The number of carbonyl (C=O) groups is 1. The summed E-state index contributed by atoms with van der Waals surface area (Å²) in [4.78, 5) is 15.0. The third-order valence-corrected chi connectivity index (χ3v) is 3.75. The Hall–Kier alpha value is -1.33. The van der Waals surface area contributed by atoms with Gasteiger partial charge in [-0.1, -0.05) is 28.1 Å². The topological polar surface area (TPSA) is 50.2 Å². The highest BCUT2D eigenvalue weighted by Gasteiger charge is 2.05. The van der Waals surface area contributed by atoms with E-state index in [1.165, 1.54) is 24.0 Å². The number of aromatic nitrogens is 1. The molecule has 0 unspecified atom stereocenters. The van der Waals surface area contributed by atoms with E-state index in [0.29, 0.717) is 0 Å². The number of aromatic carboxylic acids is 1. The van der Waals surface area contributed by atoms with Crippen molar-refractivity contribution in [3.8, 4) is 0 Å². The minimum atomic E-state index is -0.929. The van der Waals surface area contributed by atoms with Crippen LogP contribution in [-0.4, -0.2) is 16.1 Å². The summed E-state index contributed by atoms with van der Waals surface area (Å²) in [6.45, 7) is 0. The molecular formula is C13H10BrNO2S. The second-order valence-corrected chi connectivity index (χ2v) is 5.52. The van der Waals surface area contributed by atoms with E-state index in [-0.39, 0.29) is 5.56 Å². The van der Waals surface area contributed by atoms with E-state index in [0.717, 1.165) is 20.8 Å². The van der Waals surface area contributed by atoms with Crippen molar-refractivity contribution in [3.05, 3.63) is 58.2 Å². The molecule has 0 atom stereocenters. The van der Waals surface area contributed by atoms with Crippen LogP contribution in [-0.2, 0) is 5.75 Å². The fourth-order valence-electron chi connectivity index (χ4n) is 1.41. The van der Waals surface area contributed by atoms with E-state index < -0.39 is 5.97 Å². The predicted molar refractivity (Wildman–Crippen MR) is 74.9 cm³/mol. The normalized spacial score (nSPS) is 10.3. The number of nitrogens with zero attached hydrogens (tertiary/aromatic N) is 1. The zero-order chi connectivity index (χ0) is 13.0. The van der Waals surface area contributed by atoms with E-state index in [1.807, 2.05) is 24.3 Å². The van der Waals surface area contributed by atoms with Crippen LogP contribution < -0.4 is 0 Å². The number of thioether (sulfide) groups is 1. The summed E-state index contributed by atoms with van der Waals surface area (Å²) in [5.74, 6) is -0.170. The quantitative estimate of drug-likeness (QED) is 0.868. The van der Waals surface area contributed by atoms with Gasteiger partial charge in [0.15, 0.2) is 0 Å². The van der Waals surface area contributed by atoms with Crippen molar-refractivity contribution >= 4 is 33.7 Å². The van der Waals surface area contributed by atoms with Crippen LogP contribution in [0.5, 0.6) is 0 Å². The number of pyridine rings is 1. The van der Waals surface area contributed by atoms with Gasteiger partial charge in [-0.05, 0) is 29.8 Å². The third kappa shape index (κ3) is 3.58. The van der Waals surface area contributed by atoms with E-state index in [9.17, 15) is 4.79 Å². The van der Waals surface area contributed by atoms with Gasteiger partial charge in [0.25, 0.3) is 0 Å². The van der Waals surface area contributed by atoms with E-state index in [1.54, 1.807) is 6.07 Å². The first-order valence-electron chi connectivity index (χ1n) is 5.22. The Labute approximate surface area is 117 Å². The molecule has 1 aromatic heterocycles. The molecule has 18 heavy (non-hydrogen) atoms. The Morgan fingerprint density at radius 2 is 2.17 bits per heavy atom. The highest BCUT2D eigenvalue weighted by Crippen LogP contribution is 2.23. The lowest BCUT2D eigenvalue weighted by Crippen LogP contribution is -1.96. The number of hydrogen-bond acceptors (Lipinski definition) is 3. The molecule has 0 aliphatic rings. The lowest BCUT2D eigenvalue weighted by molar-refractivity contribution is 0.0696. The largest absolute Gasteiger partial charge is 0.478 e. The Morgan fingerprint density at radius 3 is 2.89 bits per heavy atom. The van der Waals surface area contributed by atoms with Crippen molar-refractivity contribution in [1.29, 1.82) is 0 Å². The van der Waals surface area contributed by atoms with Crippen LogP contribution in [0, 0.1) is 0 Å². The molecule has 0 saturated heterocycles. The van der Waals surface area contributed by atoms with Crippen LogP contribution in [0.3, 0.4) is 0 Å². The second-order valence-electron chi connectivity index (χ2n) is 3.61. The summed E-state index contributed by atoms with van der Waals surface area (Å²) in [7, 11) is 0. The van der Waals surface area contributed by atoms with E-state index in [4.69, 9.17) is 5.11 Å². The first-order valence-corrected chi connectivity index (χ1v) is 6.99. The zero-order valence-corrected chi connectivity index (χ0v) is 11.7. The maximum absolute atomic E-state index is 10.8. The molecule has 0 bridgehead atoms. The van der Waals surface area contributed by atoms with Crippen LogP contribution in [0.25, 0.3) is 0 Å². The molecule has 92 valence electrons. The molecule has 0 saturated carbocycles. The lowest BCUT2D eigenvalue weighted by Gasteiger charge is -2.03. The SMILES string of the molecule is O=C(O)c1ccnc(SCc2cccc(Br)c2)c1. The first kappa shape index (κ1) is 13.1. The molecule has 0 amide bonds. The molecule has 0 spiro atoms. The lowest BCUT2D eigenvalue weighted by atomic mass is 10.2. The molecule has 0 fully saturated rings. The maximum atomic E-state index is 10.8. The smallest absolute Gasteiger partial charge is 0.335 e. The number of carboxylic acids is 1. The Bertz CT molecular complexity index is 574. The molecule has 2 aromatic rings. The summed E-state index contributed by atoms with van der Waals surface area (Å²) >= 11 is 4.93. The van der Waals surface area contributed by atoms with Crippen LogP contribution in [0.4, 0.5) is 0 Å². The Kier molecular flexibility index (Phi) is 4.38. The van der Waals surface area contributed by atoms with Gasteiger partial charge in [-0.25, -0.2) is 9.78 Å². The van der Waals surface area contributed by atoms with Crippen molar-refractivity contribution in [2.45, 2.75) is 10.8 Å². The summed E-state index contributed by atoms with van der Waals surface area (Å²) < 4.78 is 1.04. The van der Waals surface area contributed by atoms with Gasteiger partial charge in [0, 0.05) is 16.4 Å². The number of halogens is 1. The van der Waals surface area contributed by atoms with Gasteiger partial charge in [0.2, 0.25) is 0 Å². The van der Waals surface area contributed by atoms with Crippen LogP contribution in [0.2, 0.25) is 0 Å². The van der Waals surface area contributed by atoms with Gasteiger partial charge < -0.3 is 5.11 Å². The molecule has 0 radical (unpaired) electrons. The molecular weight excluding hydrogens is 314 g/mol. The van der Waals surface area contributed by atoms with Gasteiger partial charge in [0.05, 0.1) is 10.6 Å². The predicted octanol–water partition coefficient (Wildman–Crippen LogP) is 3.83. The van der Waals surface area contributed by atoms with Gasteiger partial charge in [-0.2, -0.15) is 0 Å². The molecule has 0 aliphatic heterocycles. The second kappa shape index (κ2) is 6.02. The third-order valence-electron chi connectivity index (χ3n) is 2.26. The van der Waals surface area contributed by atoms with Gasteiger partial charge in [-0.3, -0.25) is 0 Å². The molecule has 2 rings (SSSR count). The standard InChI is InChI=1S/C13H10BrNO2S/c14-11-3-1-2-9(6-11)8-18-12-7-10(13(16)17)4-5-15-12/h1-7H,8H2,(H,16,17). The van der Waals surface area contributed by atoms with E-state index in [2.05, 4.69) is 20.9 Å². The zero-order valence-electron chi connectivity index (χ0n) is 9.34. The van der Waals surface area contributed by atoms with Crippen molar-refractivity contribution in [2.24, 2.45) is 0 Å².